The number of nitrogens with zero attached hydrogens (tertiary/aromatic N) is 3. The molecular weight excluding hydrogens is 715 g/mol. The summed E-state index contributed by atoms with van der Waals surface area (Å²) in [5.41, 5.74) is 1.40. The molecule has 2 saturated heterocycles. The van der Waals surface area contributed by atoms with Crippen LogP contribution in [-0.4, -0.2) is 86.1 Å². The summed E-state index contributed by atoms with van der Waals surface area (Å²) in [5, 5.41) is 8.31. The Labute approximate surface area is 328 Å². The number of nitrogens with one attached hydrogen (secondary N) is 4. The maximum atomic E-state index is 13.9. The van der Waals surface area contributed by atoms with E-state index >= 15 is 0 Å². The van der Waals surface area contributed by atoms with Gasteiger partial charge in [0, 0.05) is 25.2 Å². The number of hydrogen-bond donors (Lipinski definition) is 4. The van der Waals surface area contributed by atoms with E-state index in [1.807, 2.05) is 30.3 Å². The molecule has 4 atom stereocenters. The van der Waals surface area contributed by atoms with Crippen molar-refractivity contribution >= 4 is 29.9 Å². The number of benzene rings is 2. The van der Waals surface area contributed by atoms with Crippen molar-refractivity contribution < 1.29 is 33.4 Å². The van der Waals surface area contributed by atoms with Gasteiger partial charge in [0.05, 0.1) is 12.2 Å². The van der Waals surface area contributed by atoms with Crippen molar-refractivity contribution in [3.05, 3.63) is 89.0 Å². The van der Waals surface area contributed by atoms with Gasteiger partial charge >= 0.3 is 12.2 Å². The van der Waals surface area contributed by atoms with Crippen LogP contribution in [0.3, 0.4) is 0 Å². The summed E-state index contributed by atoms with van der Waals surface area (Å²) in [6, 6.07) is 13.7. The lowest BCUT2D eigenvalue weighted by Gasteiger charge is -2.29. The fourth-order valence-electron chi connectivity index (χ4n) is 6.66. The first-order chi connectivity index (χ1) is 26.5. The van der Waals surface area contributed by atoms with Crippen LogP contribution in [0.5, 0.6) is 0 Å². The van der Waals surface area contributed by atoms with Crippen LogP contribution in [0.25, 0.3) is 0 Å². The summed E-state index contributed by atoms with van der Waals surface area (Å²) in [6.07, 6.45) is 3.00. The van der Waals surface area contributed by atoms with E-state index in [0.29, 0.717) is 43.0 Å². The molecule has 1 aromatic heterocycles. The van der Waals surface area contributed by atoms with Gasteiger partial charge in [-0.15, -0.1) is 0 Å². The largest absolute Gasteiger partial charge is 0.444 e. The molecule has 0 aliphatic carbocycles. The standard InChI is InChI=1S/C42H53N7O7/c1-27(45-39(53)55-41(2,3)4)37(51)48-23-11-15-32(48)35-43-26-31(46-35)22-21-28-17-19-29(20-18-28)25-44-36(50)33-16-12-24-49(33)38(52)34(30-13-9-8-10-14-30)47-40(54)56-42(5,6)7/h8-10,13-14,17-20,26-27,32-34H,11-12,15-16,23-25H2,1-7H3,(H,43,46)(H,44,50)(H,45,53)(H,47,54)/t27-,32+,33+,34-/m1/s1. The molecule has 2 fully saturated rings. The predicted octanol–water partition coefficient (Wildman–Crippen LogP) is 5.26. The van der Waals surface area contributed by atoms with Gasteiger partial charge in [-0.05, 0) is 103 Å². The van der Waals surface area contributed by atoms with Gasteiger partial charge in [0.25, 0.3) is 5.91 Å². The number of amides is 5. The monoisotopic (exact) mass is 767 g/mol. The molecule has 0 saturated carbocycles. The molecule has 14 heteroatoms. The van der Waals surface area contributed by atoms with Crippen molar-refractivity contribution in [2.24, 2.45) is 0 Å². The Morgan fingerprint density at radius 2 is 1.45 bits per heavy atom. The minimum absolute atomic E-state index is 0.211. The molecule has 56 heavy (non-hydrogen) atoms. The van der Waals surface area contributed by atoms with E-state index in [1.54, 1.807) is 83.8 Å². The minimum atomic E-state index is -1.01. The van der Waals surface area contributed by atoms with Crippen LogP contribution in [0.1, 0.15) is 114 Å². The van der Waals surface area contributed by atoms with Crippen molar-refractivity contribution in [3.63, 3.8) is 0 Å². The molecule has 14 nitrogen and oxygen atoms in total. The van der Waals surface area contributed by atoms with Gasteiger partial charge in [0.2, 0.25) is 11.8 Å². The van der Waals surface area contributed by atoms with Gasteiger partial charge in [-0.25, -0.2) is 14.6 Å². The average Bonchev–Trinajstić information content (AvgIpc) is 3.92. The lowest BCUT2D eigenvalue weighted by molar-refractivity contribution is -0.140. The molecule has 2 aliphatic rings. The van der Waals surface area contributed by atoms with Crippen molar-refractivity contribution in [1.29, 1.82) is 0 Å². The fraction of sp³-hybridized carbons (Fsp3) is 0.476. The molecule has 0 bridgehead atoms. The maximum Gasteiger partial charge on any atom is 0.408 e. The van der Waals surface area contributed by atoms with E-state index in [2.05, 4.69) is 37.8 Å². The number of hydrogen-bond acceptors (Lipinski definition) is 8. The van der Waals surface area contributed by atoms with Crippen molar-refractivity contribution in [1.82, 2.24) is 35.7 Å². The number of aromatic amines is 1. The van der Waals surface area contributed by atoms with Gasteiger partial charge in [0.15, 0.2) is 0 Å². The number of carbonyl (C=O) groups excluding carboxylic acids is 5. The number of likely N-dealkylation sites (tertiary alicyclic amines) is 2. The molecule has 0 unspecified atom stereocenters. The maximum absolute atomic E-state index is 13.9. The predicted molar refractivity (Wildman–Crippen MR) is 209 cm³/mol. The fourth-order valence-corrected chi connectivity index (χ4v) is 6.66. The molecule has 4 N–H and O–H groups in total. The molecule has 5 rings (SSSR count). The van der Waals surface area contributed by atoms with Crippen LogP contribution in [0.15, 0.2) is 60.8 Å². The van der Waals surface area contributed by atoms with Crippen LogP contribution in [-0.2, 0) is 30.4 Å². The highest BCUT2D eigenvalue weighted by Gasteiger charge is 2.39. The molecule has 0 radical (unpaired) electrons. The summed E-state index contributed by atoms with van der Waals surface area (Å²) in [5.74, 6) is 6.01. The average molecular weight is 768 g/mol. The molecule has 2 aromatic carbocycles. The zero-order chi connectivity index (χ0) is 40.6. The molecular formula is C42H53N7O7. The zero-order valence-corrected chi connectivity index (χ0v) is 33.2. The number of H-pyrrole nitrogens is 1. The number of imidazole rings is 1. The van der Waals surface area contributed by atoms with E-state index in [0.717, 1.165) is 24.0 Å². The minimum Gasteiger partial charge on any atom is -0.444 e. The van der Waals surface area contributed by atoms with E-state index in [9.17, 15) is 24.0 Å². The zero-order valence-electron chi connectivity index (χ0n) is 33.2. The SMILES string of the molecule is C[C@@H](NC(=O)OC(C)(C)C)C(=O)N1CCC[C@H]1c1ncc(C#Cc2ccc(CNC(=O)[C@@H]3CCCN3C(=O)[C@H](NC(=O)OC(C)(C)C)c3ccccc3)cc2)[nH]1. The summed E-state index contributed by atoms with van der Waals surface area (Å²) < 4.78 is 10.7. The van der Waals surface area contributed by atoms with Crippen molar-refractivity contribution in [2.45, 2.75) is 116 Å². The number of ether oxygens (including phenoxy) is 2. The number of aromatic nitrogens is 2. The first-order valence-corrected chi connectivity index (χ1v) is 19.1. The number of rotatable bonds is 9. The highest BCUT2D eigenvalue weighted by molar-refractivity contribution is 5.92. The second kappa shape index (κ2) is 17.7. The second-order valence-electron chi connectivity index (χ2n) is 16.1. The molecule has 3 heterocycles. The Kier molecular flexibility index (Phi) is 13.1. The Morgan fingerprint density at radius 1 is 0.821 bits per heavy atom. The highest BCUT2D eigenvalue weighted by Crippen LogP contribution is 2.31. The Hall–Kier alpha value is -5.84. The first-order valence-electron chi connectivity index (χ1n) is 19.1. The van der Waals surface area contributed by atoms with Crippen LogP contribution in [0, 0.1) is 11.8 Å². The van der Waals surface area contributed by atoms with Crippen LogP contribution in [0.2, 0.25) is 0 Å². The van der Waals surface area contributed by atoms with Crippen LogP contribution < -0.4 is 16.0 Å². The van der Waals surface area contributed by atoms with E-state index < -0.39 is 41.5 Å². The lowest BCUT2D eigenvalue weighted by atomic mass is 10.0. The van der Waals surface area contributed by atoms with Gasteiger partial charge in [-0.1, -0.05) is 48.4 Å². The van der Waals surface area contributed by atoms with Crippen molar-refractivity contribution in [3.8, 4) is 11.8 Å². The van der Waals surface area contributed by atoms with Gasteiger partial charge in [-0.2, -0.15) is 0 Å². The van der Waals surface area contributed by atoms with Crippen molar-refractivity contribution in [2.75, 3.05) is 13.1 Å². The lowest BCUT2D eigenvalue weighted by Crippen LogP contribution is -2.50. The highest BCUT2D eigenvalue weighted by atomic mass is 16.6. The number of carbonyl (C=O) groups is 5. The third kappa shape index (κ3) is 11.3. The van der Waals surface area contributed by atoms with E-state index in [-0.39, 0.29) is 30.3 Å². The Morgan fingerprint density at radius 3 is 2.11 bits per heavy atom. The third-order valence-corrected chi connectivity index (χ3v) is 9.19. The Bertz CT molecular complexity index is 1940. The topological polar surface area (TPSA) is 175 Å². The van der Waals surface area contributed by atoms with E-state index in [4.69, 9.17) is 9.47 Å². The van der Waals surface area contributed by atoms with Crippen LogP contribution in [0.4, 0.5) is 9.59 Å². The van der Waals surface area contributed by atoms with Gasteiger partial charge in [-0.3, -0.25) is 14.4 Å². The molecule has 5 amide bonds. The Balaban J connectivity index is 1.15. The second-order valence-corrected chi connectivity index (χ2v) is 16.1. The van der Waals surface area contributed by atoms with Crippen LogP contribution >= 0.6 is 0 Å². The molecule has 2 aliphatic heterocycles. The third-order valence-electron chi connectivity index (χ3n) is 9.19. The number of alkyl carbamates (subject to hydrolysis) is 2. The quantitative estimate of drug-likeness (QED) is 0.214. The van der Waals surface area contributed by atoms with Gasteiger partial charge < -0.3 is 40.2 Å². The summed E-state index contributed by atoms with van der Waals surface area (Å²) in [7, 11) is 0. The molecule has 298 valence electrons. The summed E-state index contributed by atoms with van der Waals surface area (Å²) in [6.45, 7) is 13.4. The normalized spacial score (nSPS) is 17.9. The summed E-state index contributed by atoms with van der Waals surface area (Å²) in [4.78, 5) is 76.5. The first kappa shape index (κ1) is 41.3. The summed E-state index contributed by atoms with van der Waals surface area (Å²) >= 11 is 0. The smallest absolute Gasteiger partial charge is 0.408 e. The molecule has 0 spiro atoms. The van der Waals surface area contributed by atoms with E-state index in [1.165, 1.54) is 4.90 Å². The van der Waals surface area contributed by atoms with Gasteiger partial charge in [0.1, 0.15) is 40.8 Å². The molecule has 3 aromatic rings.